The van der Waals surface area contributed by atoms with Gasteiger partial charge in [0.15, 0.2) is 5.78 Å². The van der Waals surface area contributed by atoms with Gasteiger partial charge in [-0.05, 0) is 82.7 Å². The largest absolute Gasteiger partial charge is 0.333 e. The highest BCUT2D eigenvalue weighted by Gasteiger charge is 2.04. The van der Waals surface area contributed by atoms with Gasteiger partial charge in [-0.15, -0.1) is 11.8 Å². The predicted octanol–water partition coefficient (Wildman–Crippen LogP) is 9.34. The second kappa shape index (κ2) is 15.8. The molecule has 0 aliphatic rings. The number of aromatic nitrogens is 2. The van der Waals surface area contributed by atoms with Crippen LogP contribution in [-0.4, -0.2) is 21.1 Å². The molecule has 2 aromatic carbocycles. The van der Waals surface area contributed by atoms with E-state index in [2.05, 4.69) is 69.1 Å². The predicted molar refractivity (Wildman–Crippen MR) is 164 cm³/mol. The third kappa shape index (κ3) is 10.5. The van der Waals surface area contributed by atoms with E-state index in [1.165, 1.54) is 21.6 Å². The number of ketones is 1. The van der Waals surface area contributed by atoms with E-state index in [0.29, 0.717) is 5.56 Å². The maximum atomic E-state index is 12.8. The molecule has 0 unspecified atom stereocenters. The molecule has 3 nitrogen and oxygen atoms in total. The lowest BCUT2D eigenvalue weighted by molar-refractivity contribution is 0.104. The molecule has 0 fully saturated rings. The van der Waals surface area contributed by atoms with Gasteiger partial charge in [0.1, 0.15) is 0 Å². The molecule has 3 rings (SSSR count). The molecule has 4 heteroatoms. The van der Waals surface area contributed by atoms with Crippen LogP contribution in [0, 0.1) is 0 Å². The quantitative estimate of drug-likeness (QED) is 0.0912. The summed E-state index contributed by atoms with van der Waals surface area (Å²) < 4.78 is 2.01. The Morgan fingerprint density at radius 1 is 0.895 bits per heavy atom. The Labute approximate surface area is 233 Å². The van der Waals surface area contributed by atoms with Gasteiger partial charge < -0.3 is 4.57 Å². The monoisotopic (exact) mass is 524 g/mol. The number of hydrogen-bond acceptors (Lipinski definition) is 3. The first-order chi connectivity index (χ1) is 18.4. The normalized spacial score (nSPS) is 12.2. The zero-order chi connectivity index (χ0) is 27.2. The average Bonchev–Trinajstić information content (AvgIpc) is 3.41. The Morgan fingerprint density at radius 3 is 2.32 bits per heavy atom. The van der Waals surface area contributed by atoms with Crippen molar-refractivity contribution in [2.45, 2.75) is 64.8 Å². The van der Waals surface area contributed by atoms with Crippen molar-refractivity contribution in [3.05, 3.63) is 125 Å². The van der Waals surface area contributed by atoms with Gasteiger partial charge in [0.25, 0.3) is 0 Å². The first kappa shape index (κ1) is 29.2. The second-order valence-electron chi connectivity index (χ2n) is 9.94. The van der Waals surface area contributed by atoms with Crippen molar-refractivity contribution in [1.29, 1.82) is 0 Å². The third-order valence-corrected chi connectivity index (χ3v) is 7.31. The molecule has 38 heavy (non-hydrogen) atoms. The van der Waals surface area contributed by atoms with E-state index in [1.54, 1.807) is 18.6 Å². The zero-order valence-corrected chi connectivity index (χ0v) is 24.0. The molecule has 0 N–H and O–H groups in total. The molecule has 0 aliphatic carbocycles. The lowest BCUT2D eigenvalue weighted by Crippen LogP contribution is -1.98. The van der Waals surface area contributed by atoms with Crippen LogP contribution in [0.2, 0.25) is 0 Å². The van der Waals surface area contributed by atoms with E-state index in [1.807, 2.05) is 58.9 Å². The Hall–Kier alpha value is -3.37. The van der Waals surface area contributed by atoms with Gasteiger partial charge in [-0.25, -0.2) is 4.98 Å². The molecule has 0 aliphatic heterocycles. The summed E-state index contributed by atoms with van der Waals surface area (Å²) >= 11 is 1.81. The fourth-order valence-electron chi connectivity index (χ4n) is 3.99. The number of thioether (sulfide) groups is 1. The van der Waals surface area contributed by atoms with Crippen LogP contribution in [0.5, 0.6) is 0 Å². The highest BCUT2D eigenvalue weighted by molar-refractivity contribution is 7.99. The molecule has 1 heterocycles. The molecule has 0 amide bonds. The smallest absolute Gasteiger partial charge is 0.185 e. The third-order valence-electron chi connectivity index (χ3n) is 6.29. The van der Waals surface area contributed by atoms with Gasteiger partial charge in [0.05, 0.1) is 6.33 Å². The van der Waals surface area contributed by atoms with Crippen molar-refractivity contribution in [2.24, 2.45) is 0 Å². The van der Waals surface area contributed by atoms with Crippen LogP contribution in [0.4, 0.5) is 0 Å². The maximum Gasteiger partial charge on any atom is 0.185 e. The highest BCUT2D eigenvalue weighted by Crippen LogP contribution is 2.25. The van der Waals surface area contributed by atoms with Gasteiger partial charge >= 0.3 is 0 Å². The van der Waals surface area contributed by atoms with Crippen LogP contribution in [0.15, 0.2) is 113 Å². The van der Waals surface area contributed by atoms with Crippen molar-refractivity contribution in [2.75, 3.05) is 5.75 Å². The molecule has 0 atom stereocenters. The number of nitrogens with zero attached hydrogens (tertiary/aromatic N) is 2. The lowest BCUT2D eigenvalue weighted by Gasteiger charge is -2.06. The number of carbonyl (C=O) groups excluding carboxylic acids is 1. The van der Waals surface area contributed by atoms with E-state index < -0.39 is 0 Å². The number of benzene rings is 2. The zero-order valence-electron chi connectivity index (χ0n) is 23.2. The van der Waals surface area contributed by atoms with Gasteiger partial charge in [-0.2, -0.15) is 0 Å². The van der Waals surface area contributed by atoms with Crippen molar-refractivity contribution < 1.29 is 4.79 Å². The summed E-state index contributed by atoms with van der Waals surface area (Å²) in [7, 11) is 0. The van der Waals surface area contributed by atoms with Crippen LogP contribution in [-0.2, 0) is 6.54 Å². The van der Waals surface area contributed by atoms with E-state index in [-0.39, 0.29) is 5.78 Å². The lowest BCUT2D eigenvalue weighted by atomic mass is 10.1. The summed E-state index contributed by atoms with van der Waals surface area (Å²) in [5.41, 5.74) is 7.20. The number of allylic oxidation sites excluding steroid dienone is 6. The molecule has 0 radical (unpaired) electrons. The first-order valence-electron chi connectivity index (χ1n) is 13.3. The van der Waals surface area contributed by atoms with Gasteiger partial charge in [0, 0.05) is 35.2 Å². The summed E-state index contributed by atoms with van der Waals surface area (Å²) in [6.07, 6.45) is 20.6. The standard InChI is InChI=1S/C34H40N2OS/c1-27(2)9-7-10-28(3)11-8-12-29(4)21-24-38-34-14-6-5-13-32(34)19-20-33(37)31-17-15-30(16-18-31)25-36-23-22-35-26-36/h5-6,9,11,13-23,26H,7-8,10,12,24-25H2,1-4H3/b20-19+,28-11?,29-21?. The fourth-order valence-corrected chi connectivity index (χ4v) is 5.01. The second-order valence-corrected chi connectivity index (χ2v) is 11.0. The van der Waals surface area contributed by atoms with Crippen molar-refractivity contribution in [1.82, 2.24) is 9.55 Å². The summed E-state index contributed by atoms with van der Waals surface area (Å²) in [5, 5.41) is 0. The number of hydrogen-bond donors (Lipinski definition) is 0. The molecule has 0 saturated heterocycles. The summed E-state index contributed by atoms with van der Waals surface area (Å²) in [6, 6.07) is 16.1. The molecule has 0 spiro atoms. The van der Waals surface area contributed by atoms with Gasteiger partial charge in [-0.1, -0.05) is 77.4 Å². The molecule has 3 aromatic rings. The number of rotatable bonds is 14. The molecule has 0 bridgehead atoms. The number of carbonyl (C=O) groups is 1. The van der Waals surface area contributed by atoms with E-state index in [9.17, 15) is 4.79 Å². The molecule has 1 aromatic heterocycles. The Morgan fingerprint density at radius 2 is 1.61 bits per heavy atom. The Balaban J connectivity index is 1.49. The minimum absolute atomic E-state index is 0.0129. The summed E-state index contributed by atoms with van der Waals surface area (Å²) in [6.45, 7) is 9.52. The van der Waals surface area contributed by atoms with Crippen molar-refractivity contribution in [3.63, 3.8) is 0 Å². The van der Waals surface area contributed by atoms with Crippen molar-refractivity contribution in [3.8, 4) is 0 Å². The molecular formula is C34H40N2OS. The highest BCUT2D eigenvalue weighted by atomic mass is 32.2. The minimum atomic E-state index is 0.0129. The van der Waals surface area contributed by atoms with Crippen LogP contribution in [0.3, 0.4) is 0 Å². The van der Waals surface area contributed by atoms with Crippen LogP contribution >= 0.6 is 11.8 Å². The first-order valence-corrected chi connectivity index (χ1v) is 14.3. The average molecular weight is 525 g/mol. The van der Waals surface area contributed by atoms with E-state index in [4.69, 9.17) is 0 Å². The van der Waals surface area contributed by atoms with Crippen molar-refractivity contribution >= 4 is 23.6 Å². The SMILES string of the molecule is CC(C)=CCCC(C)=CCCC(C)=CCSc1ccccc1/C=C/C(=O)c1ccc(Cn2ccnc2)cc1. The minimum Gasteiger partial charge on any atom is -0.333 e. The number of imidazole rings is 1. The topological polar surface area (TPSA) is 34.9 Å². The molecular weight excluding hydrogens is 484 g/mol. The summed E-state index contributed by atoms with van der Waals surface area (Å²) in [5.74, 6) is 0.936. The molecule has 198 valence electrons. The summed E-state index contributed by atoms with van der Waals surface area (Å²) in [4.78, 5) is 18.0. The van der Waals surface area contributed by atoms with Gasteiger partial charge in [0.2, 0.25) is 0 Å². The Kier molecular flexibility index (Phi) is 12.1. The Bertz CT molecular complexity index is 1270. The van der Waals surface area contributed by atoms with Gasteiger partial charge in [-0.3, -0.25) is 4.79 Å². The fraction of sp³-hybridized carbons (Fsp3) is 0.294. The van der Waals surface area contributed by atoms with Crippen LogP contribution in [0.1, 0.15) is 74.9 Å². The van der Waals surface area contributed by atoms with E-state index in [0.717, 1.165) is 49.1 Å². The molecule has 0 saturated carbocycles. The van der Waals surface area contributed by atoms with Crippen LogP contribution in [0.25, 0.3) is 6.08 Å². The van der Waals surface area contributed by atoms with Crippen LogP contribution < -0.4 is 0 Å². The van der Waals surface area contributed by atoms with E-state index >= 15 is 0 Å². The maximum absolute atomic E-state index is 12.8.